The van der Waals surface area contributed by atoms with E-state index in [9.17, 15) is 14.4 Å². The van der Waals surface area contributed by atoms with Crippen molar-refractivity contribution in [3.8, 4) is 0 Å². The van der Waals surface area contributed by atoms with E-state index in [1.165, 1.54) is 19.9 Å². The van der Waals surface area contributed by atoms with Crippen LogP contribution < -0.4 is 10.5 Å². The molecule has 1 amide bonds. The molecule has 0 atom stereocenters. The lowest BCUT2D eigenvalue weighted by Gasteiger charge is -2.20. The summed E-state index contributed by atoms with van der Waals surface area (Å²) in [5.41, 5.74) is 1.22. The Balaban J connectivity index is 2.18. The molecule has 0 spiro atoms. The number of anilines is 2. The average molecular weight is 328 g/mol. The van der Waals surface area contributed by atoms with Gasteiger partial charge in [-0.3, -0.25) is 4.79 Å². The second-order valence-electron chi connectivity index (χ2n) is 4.79. The van der Waals surface area contributed by atoms with Crippen LogP contribution >= 0.6 is 0 Å². The van der Waals surface area contributed by atoms with Gasteiger partial charge in [-0.05, 0) is 35.6 Å². The molecule has 7 heteroatoms. The Hall–Kier alpha value is -3.35. The van der Waals surface area contributed by atoms with E-state index in [0.717, 1.165) is 0 Å². The molecule has 1 N–H and O–H groups in total. The molecule has 2 aromatic rings. The van der Waals surface area contributed by atoms with Crippen LogP contribution in [0.25, 0.3) is 0 Å². The van der Waals surface area contributed by atoms with Crippen molar-refractivity contribution in [1.29, 1.82) is 0 Å². The van der Waals surface area contributed by atoms with Gasteiger partial charge in [0.2, 0.25) is 0 Å². The number of benzene rings is 2. The Labute approximate surface area is 138 Å². The van der Waals surface area contributed by atoms with Gasteiger partial charge in [0, 0.05) is 25.1 Å². The minimum atomic E-state index is -0.657. The molecule has 0 bridgehead atoms. The van der Waals surface area contributed by atoms with Crippen molar-refractivity contribution in [3.05, 3.63) is 60.2 Å². The number of nitrogens with zero attached hydrogens (tertiary/aromatic N) is 1. The summed E-state index contributed by atoms with van der Waals surface area (Å²) in [4.78, 5) is 44.1. The highest BCUT2D eigenvalue weighted by atomic mass is 17.0. The third-order valence-electron chi connectivity index (χ3n) is 2.77. The van der Waals surface area contributed by atoms with Crippen molar-refractivity contribution in [2.24, 2.45) is 0 Å². The fourth-order valence-electron chi connectivity index (χ4n) is 1.85. The molecule has 0 heterocycles. The summed E-state index contributed by atoms with van der Waals surface area (Å²) >= 11 is 0. The van der Waals surface area contributed by atoms with Crippen LogP contribution in [-0.2, 0) is 19.3 Å². The molecular formula is C17H16N2O5. The molecule has 7 nitrogen and oxygen atoms in total. The first-order valence-electron chi connectivity index (χ1n) is 7.09. The predicted molar refractivity (Wildman–Crippen MR) is 86.8 cm³/mol. The maximum atomic E-state index is 12.2. The van der Waals surface area contributed by atoms with Gasteiger partial charge in [-0.15, -0.1) is 0 Å². The number of amides is 1. The molecule has 0 fully saturated rings. The normalized spacial score (nSPS) is 9.75. The SMILES string of the molecule is CC(=O)ON(OC(C)=O)c1cccc(NC(=O)c2ccccc2)c1. The van der Waals surface area contributed by atoms with Crippen LogP contribution in [0.2, 0.25) is 0 Å². The number of carbonyl (C=O) groups is 3. The fraction of sp³-hybridized carbons (Fsp3) is 0.118. The van der Waals surface area contributed by atoms with Gasteiger partial charge in [0.1, 0.15) is 5.69 Å². The van der Waals surface area contributed by atoms with Gasteiger partial charge in [-0.2, -0.15) is 0 Å². The zero-order chi connectivity index (χ0) is 17.5. The number of hydrogen-bond acceptors (Lipinski definition) is 6. The van der Waals surface area contributed by atoms with Crippen molar-refractivity contribution in [3.63, 3.8) is 0 Å². The smallest absolute Gasteiger partial charge is 0.322 e. The van der Waals surface area contributed by atoms with Crippen molar-refractivity contribution < 1.29 is 24.1 Å². The van der Waals surface area contributed by atoms with Gasteiger partial charge in [-0.25, -0.2) is 9.59 Å². The van der Waals surface area contributed by atoms with E-state index in [1.54, 1.807) is 42.5 Å². The van der Waals surface area contributed by atoms with Gasteiger partial charge in [0.25, 0.3) is 5.91 Å². The molecule has 0 aromatic heterocycles. The molecule has 0 aliphatic heterocycles. The van der Waals surface area contributed by atoms with Crippen LogP contribution in [0.1, 0.15) is 24.2 Å². The number of rotatable bonds is 5. The molecular weight excluding hydrogens is 312 g/mol. The van der Waals surface area contributed by atoms with E-state index in [1.807, 2.05) is 6.07 Å². The zero-order valence-electron chi connectivity index (χ0n) is 13.2. The molecule has 24 heavy (non-hydrogen) atoms. The van der Waals surface area contributed by atoms with E-state index >= 15 is 0 Å². The topological polar surface area (TPSA) is 84.9 Å². The molecule has 0 saturated carbocycles. The van der Waals surface area contributed by atoms with Gasteiger partial charge >= 0.3 is 11.9 Å². The van der Waals surface area contributed by atoms with E-state index in [4.69, 9.17) is 9.68 Å². The van der Waals surface area contributed by atoms with Crippen LogP contribution in [0.5, 0.6) is 0 Å². The zero-order valence-corrected chi connectivity index (χ0v) is 13.2. The number of hydrogen-bond donors (Lipinski definition) is 1. The van der Waals surface area contributed by atoms with E-state index in [2.05, 4.69) is 5.32 Å². The Morgan fingerprint density at radius 3 is 2.08 bits per heavy atom. The van der Waals surface area contributed by atoms with Crippen molar-refractivity contribution in [1.82, 2.24) is 0 Å². The quantitative estimate of drug-likeness (QED) is 0.850. The minimum absolute atomic E-state index is 0.270. The molecule has 2 rings (SSSR count). The molecule has 0 unspecified atom stereocenters. The lowest BCUT2D eigenvalue weighted by Crippen LogP contribution is -2.28. The molecule has 0 aliphatic carbocycles. The average Bonchev–Trinajstić information content (AvgIpc) is 2.54. The molecule has 2 aromatic carbocycles. The molecule has 124 valence electrons. The second-order valence-corrected chi connectivity index (χ2v) is 4.79. The monoisotopic (exact) mass is 328 g/mol. The fourth-order valence-corrected chi connectivity index (χ4v) is 1.85. The highest BCUT2D eigenvalue weighted by Crippen LogP contribution is 2.21. The van der Waals surface area contributed by atoms with Gasteiger partial charge in [0.15, 0.2) is 0 Å². The summed E-state index contributed by atoms with van der Waals surface area (Å²) in [5.74, 6) is -1.61. The highest BCUT2D eigenvalue weighted by molar-refractivity contribution is 6.04. The first-order chi connectivity index (χ1) is 11.5. The molecule has 0 radical (unpaired) electrons. The lowest BCUT2D eigenvalue weighted by atomic mass is 10.2. The van der Waals surface area contributed by atoms with Crippen LogP contribution in [0.15, 0.2) is 54.6 Å². The maximum Gasteiger partial charge on any atom is 0.333 e. The lowest BCUT2D eigenvalue weighted by molar-refractivity contribution is -0.171. The first-order valence-corrected chi connectivity index (χ1v) is 7.09. The summed E-state index contributed by atoms with van der Waals surface area (Å²) in [6.45, 7) is 2.36. The van der Waals surface area contributed by atoms with E-state index in [-0.39, 0.29) is 11.6 Å². The third-order valence-corrected chi connectivity index (χ3v) is 2.77. The Morgan fingerprint density at radius 1 is 0.875 bits per heavy atom. The first kappa shape index (κ1) is 17.0. The minimum Gasteiger partial charge on any atom is -0.322 e. The molecule has 0 aliphatic rings. The van der Waals surface area contributed by atoms with Crippen LogP contribution in [0.3, 0.4) is 0 Å². The number of carbonyl (C=O) groups excluding carboxylic acids is 3. The Bertz CT molecular complexity index is 730. The van der Waals surface area contributed by atoms with Gasteiger partial charge in [-0.1, -0.05) is 24.3 Å². The number of nitrogens with one attached hydrogen (secondary N) is 1. The van der Waals surface area contributed by atoms with Crippen molar-refractivity contribution >= 4 is 29.2 Å². The predicted octanol–water partition coefficient (Wildman–Crippen LogP) is 2.70. The summed E-state index contributed by atoms with van der Waals surface area (Å²) in [6, 6.07) is 15.0. The summed E-state index contributed by atoms with van der Waals surface area (Å²) < 4.78 is 0. The van der Waals surface area contributed by atoms with Gasteiger partial charge in [0.05, 0.1) is 0 Å². The summed E-state index contributed by atoms with van der Waals surface area (Å²) in [7, 11) is 0. The third kappa shape index (κ3) is 4.84. The summed E-state index contributed by atoms with van der Waals surface area (Å²) in [6.07, 6.45) is 0. The Morgan fingerprint density at radius 2 is 1.50 bits per heavy atom. The maximum absolute atomic E-state index is 12.2. The highest BCUT2D eigenvalue weighted by Gasteiger charge is 2.15. The molecule has 0 saturated heterocycles. The van der Waals surface area contributed by atoms with Crippen LogP contribution in [-0.4, -0.2) is 17.8 Å². The van der Waals surface area contributed by atoms with E-state index in [0.29, 0.717) is 16.5 Å². The van der Waals surface area contributed by atoms with Crippen LogP contribution in [0, 0.1) is 0 Å². The second kappa shape index (κ2) is 7.77. The standard InChI is InChI=1S/C17H16N2O5/c1-12(20)23-19(24-13(2)21)16-10-6-9-15(11-16)18-17(22)14-7-4-3-5-8-14/h3-11H,1-2H3,(H,18,22). The van der Waals surface area contributed by atoms with Gasteiger partial charge < -0.3 is 15.0 Å². The Kier molecular flexibility index (Phi) is 5.51. The van der Waals surface area contributed by atoms with Crippen LogP contribution in [0.4, 0.5) is 11.4 Å². The van der Waals surface area contributed by atoms with E-state index < -0.39 is 11.9 Å². The van der Waals surface area contributed by atoms with Crippen molar-refractivity contribution in [2.75, 3.05) is 10.5 Å². The summed E-state index contributed by atoms with van der Waals surface area (Å²) in [5, 5.41) is 3.41. The van der Waals surface area contributed by atoms with Crippen molar-refractivity contribution in [2.45, 2.75) is 13.8 Å². The largest absolute Gasteiger partial charge is 0.333 e.